The summed E-state index contributed by atoms with van der Waals surface area (Å²) in [5.41, 5.74) is 0. The van der Waals surface area contributed by atoms with E-state index in [2.05, 4.69) is 0 Å². The van der Waals surface area contributed by atoms with E-state index in [1.54, 1.807) is 0 Å². The Hall–Kier alpha value is -1.40. The molecule has 0 aromatic carbocycles. The van der Waals surface area contributed by atoms with Gasteiger partial charge in [0, 0.05) is 37.8 Å². The molecule has 3 atom stereocenters. The van der Waals surface area contributed by atoms with Crippen molar-refractivity contribution in [1.82, 2.24) is 0 Å². The number of rotatable bonds is 3. The molecule has 173 valence electrons. The molecule has 6 nitrogen and oxygen atoms in total. The molecule has 3 aliphatic rings. The van der Waals surface area contributed by atoms with Crippen LogP contribution in [0.25, 0.3) is 0 Å². The summed E-state index contributed by atoms with van der Waals surface area (Å²) in [6.07, 6.45) is 10.2. The second kappa shape index (κ2) is 15.4. The van der Waals surface area contributed by atoms with Gasteiger partial charge in [0.15, 0.2) is 0 Å². The Bertz CT molecular complexity index is 579. The molecule has 3 rings (SSSR count). The number of carbonyl (C=O) groups excluding carboxylic acids is 6. The Morgan fingerprint density at radius 3 is 0.871 bits per heavy atom. The van der Waals surface area contributed by atoms with Crippen molar-refractivity contribution >= 4 is 34.7 Å². The van der Waals surface area contributed by atoms with Crippen LogP contribution in [0.1, 0.15) is 97.8 Å². The normalized spacial score (nSPS) is 25.6. The fourth-order valence-corrected chi connectivity index (χ4v) is 4.24. The van der Waals surface area contributed by atoms with Crippen molar-refractivity contribution in [1.29, 1.82) is 0 Å². The molecule has 0 heterocycles. The SMILES string of the molecule is CC(=O)C1CCCCC1=O.CC(=O)C1CCCCC1=O.CC(=O)C1CCCCC1=O.[V]. The molecule has 0 bridgehead atoms. The fraction of sp³-hybridized carbons (Fsp3) is 0.750. The summed E-state index contributed by atoms with van der Waals surface area (Å²) in [6, 6.07) is 0. The van der Waals surface area contributed by atoms with Crippen LogP contribution < -0.4 is 0 Å². The third-order valence-corrected chi connectivity index (χ3v) is 6.14. The maximum absolute atomic E-state index is 11.0. The number of hydrogen-bond acceptors (Lipinski definition) is 6. The van der Waals surface area contributed by atoms with Crippen LogP contribution in [-0.4, -0.2) is 34.7 Å². The molecular weight excluding hydrogens is 435 g/mol. The second-order valence-corrected chi connectivity index (χ2v) is 8.63. The van der Waals surface area contributed by atoms with Gasteiger partial charge in [0.05, 0.1) is 17.8 Å². The molecule has 0 saturated heterocycles. The van der Waals surface area contributed by atoms with E-state index in [1.165, 1.54) is 20.8 Å². The largest absolute Gasteiger partial charge is 0.299 e. The van der Waals surface area contributed by atoms with E-state index in [0.29, 0.717) is 19.3 Å². The Morgan fingerprint density at radius 1 is 0.516 bits per heavy atom. The van der Waals surface area contributed by atoms with E-state index in [9.17, 15) is 28.8 Å². The molecule has 0 aromatic heterocycles. The van der Waals surface area contributed by atoms with Gasteiger partial charge in [-0.25, -0.2) is 0 Å². The van der Waals surface area contributed by atoms with Gasteiger partial charge in [0.25, 0.3) is 0 Å². The smallest absolute Gasteiger partial charge is 0.143 e. The quantitative estimate of drug-likeness (QED) is 0.577. The predicted molar refractivity (Wildman–Crippen MR) is 113 cm³/mol. The van der Waals surface area contributed by atoms with Gasteiger partial charge in [-0.3, -0.25) is 28.8 Å². The van der Waals surface area contributed by atoms with Crippen LogP contribution in [0, 0.1) is 17.8 Å². The minimum Gasteiger partial charge on any atom is -0.299 e. The van der Waals surface area contributed by atoms with Gasteiger partial charge in [0.1, 0.15) is 34.7 Å². The first-order valence-corrected chi connectivity index (χ1v) is 11.2. The zero-order chi connectivity index (χ0) is 22.7. The van der Waals surface area contributed by atoms with Crippen molar-refractivity contribution in [2.75, 3.05) is 0 Å². The van der Waals surface area contributed by atoms with Gasteiger partial charge in [0.2, 0.25) is 0 Å². The standard InChI is InChI=1S/3C8H12O2.V/c3*1-6(9)7-4-2-3-5-8(7)10;/h3*7H,2-5H2,1H3;. The summed E-state index contributed by atoms with van der Waals surface area (Å²) in [5.74, 6) is -0.174. The van der Waals surface area contributed by atoms with Crippen molar-refractivity contribution in [3.63, 3.8) is 0 Å². The molecular formula is C24H36O6V. The van der Waals surface area contributed by atoms with Crippen molar-refractivity contribution in [3.8, 4) is 0 Å². The molecule has 1 radical (unpaired) electrons. The number of Topliss-reactive ketones (excluding diaryl/α,β-unsaturated/α-hetero) is 6. The number of carbonyl (C=O) groups is 6. The first kappa shape index (κ1) is 29.6. The maximum Gasteiger partial charge on any atom is 0.143 e. The predicted octanol–water partition coefficient (Wildman–Crippen LogP) is 4.00. The average Bonchev–Trinajstić information content (AvgIpc) is 2.69. The van der Waals surface area contributed by atoms with E-state index in [-0.39, 0.29) is 71.0 Å². The molecule has 3 fully saturated rings. The van der Waals surface area contributed by atoms with Gasteiger partial charge in [-0.2, -0.15) is 0 Å². The molecule has 3 aliphatic carbocycles. The number of hydrogen-bond donors (Lipinski definition) is 0. The molecule has 0 N–H and O–H groups in total. The Morgan fingerprint density at radius 2 is 0.742 bits per heavy atom. The van der Waals surface area contributed by atoms with E-state index < -0.39 is 0 Å². The van der Waals surface area contributed by atoms with Gasteiger partial charge < -0.3 is 0 Å². The van der Waals surface area contributed by atoms with Gasteiger partial charge >= 0.3 is 0 Å². The van der Waals surface area contributed by atoms with Gasteiger partial charge in [-0.1, -0.05) is 19.3 Å². The molecule has 0 aromatic rings. The zero-order valence-electron chi connectivity index (χ0n) is 19.1. The summed E-state index contributed by atoms with van der Waals surface area (Å²) >= 11 is 0. The Balaban J connectivity index is 0.000000429. The molecule has 7 heteroatoms. The van der Waals surface area contributed by atoms with Crippen molar-refractivity contribution in [2.24, 2.45) is 17.8 Å². The Labute approximate surface area is 197 Å². The minimum absolute atomic E-state index is 0. The number of ketones is 6. The molecule has 0 aliphatic heterocycles. The molecule has 0 amide bonds. The third-order valence-electron chi connectivity index (χ3n) is 6.14. The van der Waals surface area contributed by atoms with E-state index in [4.69, 9.17) is 0 Å². The van der Waals surface area contributed by atoms with Crippen LogP contribution >= 0.6 is 0 Å². The van der Waals surface area contributed by atoms with Crippen LogP contribution in [0.4, 0.5) is 0 Å². The summed E-state index contributed by atoms with van der Waals surface area (Å²) in [7, 11) is 0. The summed E-state index contributed by atoms with van der Waals surface area (Å²) < 4.78 is 0. The van der Waals surface area contributed by atoms with E-state index in [0.717, 1.165) is 57.8 Å². The van der Waals surface area contributed by atoms with Crippen LogP contribution in [0.3, 0.4) is 0 Å². The average molecular weight is 471 g/mol. The first-order valence-electron chi connectivity index (χ1n) is 11.2. The molecule has 31 heavy (non-hydrogen) atoms. The second-order valence-electron chi connectivity index (χ2n) is 8.63. The summed E-state index contributed by atoms with van der Waals surface area (Å²) in [5, 5.41) is 0. The van der Waals surface area contributed by atoms with Crippen molar-refractivity contribution in [2.45, 2.75) is 97.8 Å². The topological polar surface area (TPSA) is 102 Å². The molecule has 3 unspecified atom stereocenters. The van der Waals surface area contributed by atoms with Crippen LogP contribution in [0.5, 0.6) is 0 Å². The van der Waals surface area contributed by atoms with E-state index in [1.807, 2.05) is 0 Å². The Kier molecular flexibility index (Phi) is 14.7. The van der Waals surface area contributed by atoms with E-state index >= 15 is 0 Å². The van der Waals surface area contributed by atoms with Gasteiger partial charge in [-0.05, 0) is 59.3 Å². The third kappa shape index (κ3) is 10.6. The molecule has 3 saturated carbocycles. The van der Waals surface area contributed by atoms with Crippen LogP contribution in [0.15, 0.2) is 0 Å². The summed E-state index contributed by atoms with van der Waals surface area (Å²) in [6.45, 7) is 4.52. The zero-order valence-corrected chi connectivity index (χ0v) is 20.5. The maximum atomic E-state index is 11.0. The fourth-order valence-electron chi connectivity index (χ4n) is 4.24. The monoisotopic (exact) mass is 471 g/mol. The van der Waals surface area contributed by atoms with Crippen LogP contribution in [0.2, 0.25) is 0 Å². The minimum atomic E-state index is -0.256. The molecule has 0 spiro atoms. The van der Waals surface area contributed by atoms with Crippen molar-refractivity contribution in [3.05, 3.63) is 0 Å². The van der Waals surface area contributed by atoms with Gasteiger partial charge in [-0.15, -0.1) is 0 Å². The summed E-state index contributed by atoms with van der Waals surface area (Å²) in [4.78, 5) is 65.4. The first-order chi connectivity index (χ1) is 14.1. The van der Waals surface area contributed by atoms with Crippen molar-refractivity contribution < 1.29 is 47.3 Å². The van der Waals surface area contributed by atoms with Crippen LogP contribution in [-0.2, 0) is 47.3 Å².